The zero-order valence-corrected chi connectivity index (χ0v) is 10.3. The highest BCUT2D eigenvalue weighted by Gasteiger charge is 2.18. The average molecular weight is 241 g/mol. The number of amides is 1. The first-order chi connectivity index (χ1) is 8.74. The van der Waals surface area contributed by atoms with Crippen LogP contribution in [0.15, 0.2) is 36.0 Å². The quantitative estimate of drug-likeness (QED) is 0.779. The van der Waals surface area contributed by atoms with Gasteiger partial charge in [-0.05, 0) is 25.5 Å². The summed E-state index contributed by atoms with van der Waals surface area (Å²) in [6.45, 7) is 3.61. The first kappa shape index (κ1) is 11.0. The second-order valence-corrected chi connectivity index (χ2v) is 4.74. The molecule has 4 heteroatoms. The van der Waals surface area contributed by atoms with Crippen molar-refractivity contribution in [2.45, 2.75) is 13.3 Å². The molecule has 1 amide bonds. The summed E-state index contributed by atoms with van der Waals surface area (Å²) in [5.74, 6) is 0.0963. The van der Waals surface area contributed by atoms with Crippen LogP contribution in [-0.2, 0) is 0 Å². The molecule has 0 saturated carbocycles. The van der Waals surface area contributed by atoms with E-state index in [1.165, 1.54) is 5.57 Å². The molecule has 1 aliphatic rings. The third-order valence-electron chi connectivity index (χ3n) is 3.31. The van der Waals surface area contributed by atoms with Crippen LogP contribution in [0.3, 0.4) is 0 Å². The molecule has 0 spiro atoms. The summed E-state index contributed by atoms with van der Waals surface area (Å²) in [6, 6.07) is 5.67. The lowest BCUT2D eigenvalue weighted by Crippen LogP contribution is -2.35. The molecule has 0 atom stereocenters. The number of H-pyrrole nitrogens is 1. The lowest BCUT2D eigenvalue weighted by molar-refractivity contribution is 0.0766. The van der Waals surface area contributed by atoms with Crippen molar-refractivity contribution >= 4 is 16.8 Å². The van der Waals surface area contributed by atoms with Crippen LogP contribution in [-0.4, -0.2) is 34.1 Å². The molecular weight excluding hydrogens is 226 g/mol. The lowest BCUT2D eigenvalue weighted by Gasteiger charge is -2.26. The van der Waals surface area contributed by atoms with E-state index in [1.807, 2.05) is 23.1 Å². The van der Waals surface area contributed by atoms with Gasteiger partial charge in [0.2, 0.25) is 0 Å². The minimum atomic E-state index is 0.0963. The maximum Gasteiger partial charge on any atom is 0.254 e. The number of carbonyl (C=O) groups excluding carboxylic acids is 1. The Hall–Kier alpha value is -2.10. The fourth-order valence-electron chi connectivity index (χ4n) is 2.34. The summed E-state index contributed by atoms with van der Waals surface area (Å²) >= 11 is 0. The number of fused-ring (bicyclic) bond motifs is 1. The van der Waals surface area contributed by atoms with Gasteiger partial charge in [-0.2, -0.15) is 5.10 Å². The van der Waals surface area contributed by atoms with Gasteiger partial charge in [-0.25, -0.2) is 0 Å². The molecule has 0 aliphatic carbocycles. The lowest BCUT2D eigenvalue weighted by atomic mass is 10.1. The van der Waals surface area contributed by atoms with Crippen LogP contribution in [0.1, 0.15) is 23.7 Å². The molecule has 18 heavy (non-hydrogen) atoms. The summed E-state index contributed by atoms with van der Waals surface area (Å²) in [5, 5.41) is 7.89. The van der Waals surface area contributed by atoms with E-state index < -0.39 is 0 Å². The Morgan fingerprint density at radius 1 is 1.44 bits per heavy atom. The normalized spacial score (nSPS) is 15.8. The van der Waals surface area contributed by atoms with E-state index in [4.69, 9.17) is 0 Å². The second-order valence-electron chi connectivity index (χ2n) is 4.74. The topological polar surface area (TPSA) is 49.0 Å². The molecule has 0 saturated heterocycles. The maximum atomic E-state index is 12.4. The van der Waals surface area contributed by atoms with E-state index in [0.717, 1.165) is 36.0 Å². The summed E-state index contributed by atoms with van der Waals surface area (Å²) in [6.07, 6.45) is 4.91. The Labute approximate surface area is 105 Å². The third kappa shape index (κ3) is 1.90. The largest absolute Gasteiger partial charge is 0.334 e. The molecule has 1 aromatic heterocycles. The molecule has 4 nitrogen and oxygen atoms in total. The van der Waals surface area contributed by atoms with Crippen molar-refractivity contribution in [1.29, 1.82) is 0 Å². The number of carbonyl (C=O) groups is 1. The highest BCUT2D eigenvalue weighted by molar-refractivity contribution is 5.97. The van der Waals surface area contributed by atoms with Crippen LogP contribution >= 0.6 is 0 Å². The summed E-state index contributed by atoms with van der Waals surface area (Å²) in [5.41, 5.74) is 2.89. The maximum absolute atomic E-state index is 12.4. The van der Waals surface area contributed by atoms with Crippen molar-refractivity contribution < 1.29 is 4.79 Å². The zero-order valence-electron chi connectivity index (χ0n) is 10.3. The molecule has 3 rings (SSSR count). The summed E-state index contributed by atoms with van der Waals surface area (Å²) in [4.78, 5) is 14.3. The summed E-state index contributed by atoms with van der Waals surface area (Å²) in [7, 11) is 0. The molecule has 0 fully saturated rings. The van der Waals surface area contributed by atoms with E-state index in [1.54, 1.807) is 6.20 Å². The van der Waals surface area contributed by atoms with E-state index in [9.17, 15) is 4.79 Å². The van der Waals surface area contributed by atoms with Crippen LogP contribution in [0, 0.1) is 0 Å². The number of nitrogens with zero attached hydrogens (tertiary/aromatic N) is 2. The van der Waals surface area contributed by atoms with Gasteiger partial charge >= 0.3 is 0 Å². The Kier molecular flexibility index (Phi) is 2.63. The molecule has 1 N–H and O–H groups in total. The number of benzene rings is 1. The first-order valence-electron chi connectivity index (χ1n) is 6.12. The molecule has 2 heterocycles. The van der Waals surface area contributed by atoms with Gasteiger partial charge in [-0.1, -0.05) is 17.7 Å². The average Bonchev–Trinajstić information content (AvgIpc) is 2.85. The van der Waals surface area contributed by atoms with Crippen molar-refractivity contribution in [3.63, 3.8) is 0 Å². The van der Waals surface area contributed by atoms with Gasteiger partial charge in [0.25, 0.3) is 5.91 Å². The number of hydrogen-bond donors (Lipinski definition) is 1. The Morgan fingerprint density at radius 2 is 2.33 bits per heavy atom. The van der Waals surface area contributed by atoms with E-state index in [2.05, 4.69) is 23.2 Å². The fourth-order valence-corrected chi connectivity index (χ4v) is 2.34. The van der Waals surface area contributed by atoms with Crippen molar-refractivity contribution in [2.75, 3.05) is 13.1 Å². The SMILES string of the molecule is CC1=CCCN(C(=O)c2ccc3cn[nH]c3c2)C1. The highest BCUT2D eigenvalue weighted by Crippen LogP contribution is 2.17. The van der Waals surface area contributed by atoms with Gasteiger partial charge in [0.1, 0.15) is 0 Å². The van der Waals surface area contributed by atoms with Crippen LogP contribution in [0.2, 0.25) is 0 Å². The Bertz CT molecular complexity index is 627. The van der Waals surface area contributed by atoms with Crippen molar-refractivity contribution in [2.24, 2.45) is 0 Å². The van der Waals surface area contributed by atoms with Gasteiger partial charge in [0, 0.05) is 24.0 Å². The van der Waals surface area contributed by atoms with Crippen molar-refractivity contribution in [3.8, 4) is 0 Å². The molecular formula is C14H15N3O. The minimum Gasteiger partial charge on any atom is -0.334 e. The van der Waals surface area contributed by atoms with E-state index >= 15 is 0 Å². The third-order valence-corrected chi connectivity index (χ3v) is 3.31. The zero-order chi connectivity index (χ0) is 12.5. The molecule has 0 bridgehead atoms. The van der Waals surface area contributed by atoms with Crippen LogP contribution in [0.4, 0.5) is 0 Å². The van der Waals surface area contributed by atoms with Gasteiger partial charge in [0.05, 0.1) is 11.7 Å². The Morgan fingerprint density at radius 3 is 3.17 bits per heavy atom. The predicted octanol–water partition coefficient (Wildman–Crippen LogP) is 2.36. The number of aromatic amines is 1. The van der Waals surface area contributed by atoms with E-state index in [0.29, 0.717) is 0 Å². The molecule has 2 aromatic rings. The number of rotatable bonds is 1. The van der Waals surface area contributed by atoms with Gasteiger partial charge in [-0.3, -0.25) is 9.89 Å². The predicted molar refractivity (Wildman–Crippen MR) is 70.4 cm³/mol. The van der Waals surface area contributed by atoms with Crippen molar-refractivity contribution in [1.82, 2.24) is 15.1 Å². The molecule has 0 unspecified atom stereocenters. The smallest absolute Gasteiger partial charge is 0.254 e. The number of hydrogen-bond acceptors (Lipinski definition) is 2. The minimum absolute atomic E-state index is 0.0963. The number of aromatic nitrogens is 2. The fraction of sp³-hybridized carbons (Fsp3) is 0.286. The van der Waals surface area contributed by atoms with E-state index in [-0.39, 0.29) is 5.91 Å². The van der Waals surface area contributed by atoms with Gasteiger partial charge < -0.3 is 4.90 Å². The molecule has 1 aliphatic heterocycles. The van der Waals surface area contributed by atoms with Crippen LogP contribution in [0.25, 0.3) is 10.9 Å². The molecule has 0 radical (unpaired) electrons. The van der Waals surface area contributed by atoms with Crippen LogP contribution in [0.5, 0.6) is 0 Å². The molecule has 1 aromatic carbocycles. The van der Waals surface area contributed by atoms with Crippen LogP contribution < -0.4 is 0 Å². The Balaban J connectivity index is 1.89. The van der Waals surface area contributed by atoms with Gasteiger partial charge in [0.15, 0.2) is 0 Å². The molecule has 92 valence electrons. The summed E-state index contributed by atoms with van der Waals surface area (Å²) < 4.78 is 0. The monoisotopic (exact) mass is 241 g/mol. The van der Waals surface area contributed by atoms with Crippen molar-refractivity contribution in [3.05, 3.63) is 41.6 Å². The first-order valence-corrected chi connectivity index (χ1v) is 6.12. The standard InChI is InChI=1S/C14H15N3O/c1-10-3-2-6-17(9-10)14(18)11-4-5-12-8-15-16-13(12)7-11/h3-5,7-8H,2,6,9H2,1H3,(H,15,16). The second kappa shape index (κ2) is 4.29. The van der Waals surface area contributed by atoms with Gasteiger partial charge in [-0.15, -0.1) is 0 Å². The highest BCUT2D eigenvalue weighted by atomic mass is 16.2. The number of nitrogens with one attached hydrogen (secondary N) is 1.